The molecule has 1 aromatic rings. The van der Waals surface area contributed by atoms with Crippen molar-refractivity contribution in [2.45, 2.75) is 13.3 Å². The minimum atomic E-state index is 0.572. The topological polar surface area (TPSA) is 33.0 Å². The summed E-state index contributed by atoms with van der Waals surface area (Å²) in [6, 6.07) is 7.66. The number of nitrogens with zero attached hydrogens (tertiary/aromatic N) is 1. The van der Waals surface area contributed by atoms with E-state index in [0.29, 0.717) is 17.9 Å². The van der Waals surface area contributed by atoms with Gasteiger partial charge in [-0.1, -0.05) is 18.2 Å². The quantitative estimate of drug-likeness (QED) is 0.536. The zero-order valence-corrected chi connectivity index (χ0v) is 8.29. The first-order valence-corrected chi connectivity index (χ1v) is 4.53. The van der Waals surface area contributed by atoms with Gasteiger partial charge in [-0.25, -0.2) is 0 Å². The lowest BCUT2D eigenvalue weighted by Crippen LogP contribution is -1.99. The molecule has 14 heavy (non-hydrogen) atoms. The third kappa shape index (κ3) is 2.37. The molecule has 0 saturated carbocycles. The molecule has 0 aliphatic heterocycles. The summed E-state index contributed by atoms with van der Waals surface area (Å²) in [5.41, 5.74) is 1.59. The van der Waals surface area contributed by atoms with Crippen molar-refractivity contribution >= 4 is 0 Å². The number of rotatable bonds is 4. The van der Waals surface area contributed by atoms with E-state index >= 15 is 0 Å². The van der Waals surface area contributed by atoms with E-state index in [1.165, 1.54) is 0 Å². The van der Waals surface area contributed by atoms with Gasteiger partial charge in [-0.3, -0.25) is 0 Å². The van der Waals surface area contributed by atoms with Crippen molar-refractivity contribution in [3.8, 4) is 11.8 Å². The Morgan fingerprint density at radius 2 is 2.36 bits per heavy atom. The van der Waals surface area contributed by atoms with E-state index in [4.69, 9.17) is 10.00 Å². The molecule has 0 unspecified atom stereocenters. The Morgan fingerprint density at radius 3 is 3.00 bits per heavy atom. The summed E-state index contributed by atoms with van der Waals surface area (Å²) in [5, 5.41) is 8.85. The van der Waals surface area contributed by atoms with Gasteiger partial charge in [-0.2, -0.15) is 5.26 Å². The first-order chi connectivity index (χ1) is 6.79. The fourth-order valence-corrected chi connectivity index (χ4v) is 1.18. The van der Waals surface area contributed by atoms with Crippen molar-refractivity contribution in [2.24, 2.45) is 0 Å². The van der Waals surface area contributed by atoms with Gasteiger partial charge in [0.1, 0.15) is 11.8 Å². The van der Waals surface area contributed by atoms with Crippen molar-refractivity contribution in [2.75, 3.05) is 6.61 Å². The molecular weight excluding hydrogens is 174 g/mol. The average Bonchev–Trinajstić information content (AvgIpc) is 2.20. The zero-order valence-electron chi connectivity index (χ0n) is 8.29. The van der Waals surface area contributed by atoms with E-state index < -0.39 is 0 Å². The largest absolute Gasteiger partial charge is 0.492 e. The van der Waals surface area contributed by atoms with E-state index in [0.717, 1.165) is 12.0 Å². The van der Waals surface area contributed by atoms with Crippen LogP contribution in [-0.4, -0.2) is 6.61 Å². The molecule has 0 heterocycles. The van der Waals surface area contributed by atoms with Gasteiger partial charge in [0.25, 0.3) is 0 Å². The molecule has 0 fully saturated rings. The number of ether oxygens (including phenoxy) is 1. The van der Waals surface area contributed by atoms with E-state index in [1.807, 2.05) is 19.1 Å². The van der Waals surface area contributed by atoms with E-state index in [-0.39, 0.29) is 0 Å². The molecule has 0 atom stereocenters. The lowest BCUT2D eigenvalue weighted by atomic mass is 10.1. The van der Waals surface area contributed by atoms with Crippen LogP contribution >= 0.6 is 0 Å². The minimum absolute atomic E-state index is 0.572. The van der Waals surface area contributed by atoms with Gasteiger partial charge < -0.3 is 4.74 Å². The molecule has 0 amide bonds. The van der Waals surface area contributed by atoms with Crippen molar-refractivity contribution in [3.05, 3.63) is 42.0 Å². The number of benzene rings is 1. The second-order valence-corrected chi connectivity index (χ2v) is 2.99. The Labute approximate surface area is 84.4 Å². The molecule has 0 spiro atoms. The second kappa shape index (κ2) is 5.08. The summed E-state index contributed by atoms with van der Waals surface area (Å²) in [5.74, 6) is 0.692. The van der Waals surface area contributed by atoms with Crippen molar-refractivity contribution in [1.29, 1.82) is 5.26 Å². The summed E-state index contributed by atoms with van der Waals surface area (Å²) >= 11 is 0. The van der Waals surface area contributed by atoms with Crippen LogP contribution in [0.25, 0.3) is 0 Å². The van der Waals surface area contributed by atoms with Crippen LogP contribution in [0.4, 0.5) is 0 Å². The minimum Gasteiger partial charge on any atom is -0.492 e. The Kier molecular flexibility index (Phi) is 3.75. The Bertz CT molecular complexity index is 363. The Balaban J connectivity index is 2.83. The summed E-state index contributed by atoms with van der Waals surface area (Å²) < 4.78 is 5.51. The van der Waals surface area contributed by atoms with Gasteiger partial charge in [0.2, 0.25) is 0 Å². The number of nitriles is 1. The molecule has 1 rings (SSSR count). The van der Waals surface area contributed by atoms with Gasteiger partial charge in [0, 0.05) is 0 Å². The average molecular weight is 187 g/mol. The maximum absolute atomic E-state index is 8.85. The molecule has 0 saturated heterocycles. The highest BCUT2D eigenvalue weighted by atomic mass is 16.5. The smallest absolute Gasteiger partial charge is 0.139 e. The normalized spacial score (nSPS) is 9.14. The van der Waals surface area contributed by atoms with Gasteiger partial charge in [0.15, 0.2) is 0 Å². The number of para-hydroxylation sites is 1. The van der Waals surface area contributed by atoms with Gasteiger partial charge >= 0.3 is 0 Å². The van der Waals surface area contributed by atoms with Crippen LogP contribution in [0.2, 0.25) is 0 Å². The molecular formula is C12H13NO. The third-order valence-electron chi connectivity index (χ3n) is 1.90. The van der Waals surface area contributed by atoms with Crippen LogP contribution in [0.15, 0.2) is 30.9 Å². The van der Waals surface area contributed by atoms with Crippen LogP contribution in [0, 0.1) is 18.3 Å². The van der Waals surface area contributed by atoms with Crippen LogP contribution in [0.1, 0.15) is 17.5 Å². The van der Waals surface area contributed by atoms with Crippen molar-refractivity contribution in [3.63, 3.8) is 0 Å². The predicted octanol–water partition coefficient (Wildman–Crippen LogP) is 2.82. The lowest BCUT2D eigenvalue weighted by molar-refractivity contribution is 0.322. The number of hydrogen-bond acceptors (Lipinski definition) is 2. The maximum Gasteiger partial charge on any atom is 0.139 e. The molecule has 0 aromatic heterocycles. The molecule has 1 aromatic carbocycles. The van der Waals surface area contributed by atoms with Crippen LogP contribution in [0.3, 0.4) is 0 Å². The standard InChI is InChI=1S/C12H13NO/c1-3-4-8-14-12-10(2)6-5-7-11(12)9-13/h3,5-7H,1,4,8H2,2H3. The fraction of sp³-hybridized carbons (Fsp3) is 0.250. The highest BCUT2D eigenvalue weighted by Crippen LogP contribution is 2.22. The van der Waals surface area contributed by atoms with E-state index in [1.54, 1.807) is 12.1 Å². The molecule has 0 bridgehead atoms. The molecule has 0 aliphatic carbocycles. The fourth-order valence-electron chi connectivity index (χ4n) is 1.18. The van der Waals surface area contributed by atoms with Crippen molar-refractivity contribution < 1.29 is 4.74 Å². The monoisotopic (exact) mass is 187 g/mol. The van der Waals surface area contributed by atoms with Gasteiger partial charge in [-0.15, -0.1) is 6.58 Å². The molecule has 2 nitrogen and oxygen atoms in total. The summed E-state index contributed by atoms with van der Waals surface area (Å²) in [4.78, 5) is 0. The van der Waals surface area contributed by atoms with Crippen molar-refractivity contribution in [1.82, 2.24) is 0 Å². The first kappa shape index (κ1) is 10.3. The van der Waals surface area contributed by atoms with Crippen LogP contribution in [-0.2, 0) is 0 Å². The highest BCUT2D eigenvalue weighted by Gasteiger charge is 2.04. The summed E-state index contributed by atoms with van der Waals surface area (Å²) in [6.07, 6.45) is 2.59. The first-order valence-electron chi connectivity index (χ1n) is 4.53. The second-order valence-electron chi connectivity index (χ2n) is 2.99. The lowest BCUT2D eigenvalue weighted by Gasteiger charge is -2.09. The number of hydrogen-bond donors (Lipinski definition) is 0. The molecule has 2 heteroatoms. The van der Waals surface area contributed by atoms with E-state index in [2.05, 4.69) is 12.6 Å². The van der Waals surface area contributed by atoms with Gasteiger partial charge in [-0.05, 0) is 25.0 Å². The summed E-state index contributed by atoms with van der Waals surface area (Å²) in [6.45, 7) is 6.12. The SMILES string of the molecule is C=CCCOc1c(C)cccc1C#N. The van der Waals surface area contributed by atoms with Crippen LogP contribution in [0.5, 0.6) is 5.75 Å². The molecule has 0 N–H and O–H groups in total. The number of aryl methyl sites for hydroxylation is 1. The highest BCUT2D eigenvalue weighted by molar-refractivity contribution is 5.47. The van der Waals surface area contributed by atoms with Crippen LogP contribution < -0.4 is 4.74 Å². The maximum atomic E-state index is 8.85. The molecule has 0 radical (unpaired) electrons. The molecule has 0 aliphatic rings. The Hall–Kier alpha value is -1.75. The summed E-state index contributed by atoms with van der Waals surface area (Å²) in [7, 11) is 0. The zero-order chi connectivity index (χ0) is 10.4. The third-order valence-corrected chi connectivity index (χ3v) is 1.90. The molecule has 72 valence electrons. The van der Waals surface area contributed by atoms with Gasteiger partial charge in [0.05, 0.1) is 12.2 Å². The van der Waals surface area contributed by atoms with E-state index in [9.17, 15) is 0 Å². The predicted molar refractivity (Wildman–Crippen MR) is 56.2 cm³/mol. The Morgan fingerprint density at radius 1 is 1.57 bits per heavy atom.